The molecule has 2 heterocycles. The fourth-order valence-corrected chi connectivity index (χ4v) is 4.45. The Labute approximate surface area is 253 Å². The van der Waals surface area contributed by atoms with Gasteiger partial charge < -0.3 is 25.1 Å². The van der Waals surface area contributed by atoms with Crippen LogP contribution in [0.15, 0.2) is 65.6 Å². The zero-order valence-electron chi connectivity index (χ0n) is 24.2. The summed E-state index contributed by atoms with van der Waals surface area (Å²) in [7, 11) is 1.40. The maximum absolute atomic E-state index is 13.3. The second kappa shape index (κ2) is 13.5. The van der Waals surface area contributed by atoms with Crippen LogP contribution < -0.4 is 20.9 Å². The number of aromatic amines is 1. The number of benzene rings is 2. The molecule has 0 aliphatic carbocycles. The molecule has 2 aromatic heterocycles. The van der Waals surface area contributed by atoms with Gasteiger partial charge in [-0.25, -0.2) is 4.98 Å². The van der Waals surface area contributed by atoms with Crippen molar-refractivity contribution in [3.05, 3.63) is 92.9 Å². The summed E-state index contributed by atoms with van der Waals surface area (Å²) in [6, 6.07) is 14.9. The summed E-state index contributed by atoms with van der Waals surface area (Å²) in [6.07, 6.45) is 2.62. The molecule has 4 aromatic rings. The second-order valence-electron chi connectivity index (χ2n) is 10.7. The van der Waals surface area contributed by atoms with Gasteiger partial charge in [0.05, 0.1) is 23.9 Å². The molecule has 0 fully saturated rings. The van der Waals surface area contributed by atoms with Gasteiger partial charge in [0.25, 0.3) is 17.4 Å². The first-order valence-corrected chi connectivity index (χ1v) is 13.9. The smallest absolute Gasteiger partial charge is 0.318 e. The van der Waals surface area contributed by atoms with E-state index in [1.807, 2.05) is 51.1 Å². The number of ether oxygens (including phenoxy) is 2. The average molecular weight is 606 g/mol. The maximum atomic E-state index is 13.3. The quantitative estimate of drug-likeness (QED) is 0.208. The predicted octanol–water partition coefficient (Wildman–Crippen LogP) is 5.22. The number of carbonyl (C=O) groups is 3. The van der Waals surface area contributed by atoms with Crippen molar-refractivity contribution in [1.29, 1.82) is 0 Å². The van der Waals surface area contributed by atoms with Crippen LogP contribution in [-0.2, 0) is 9.53 Å². The molecule has 4 rings (SSSR count). The highest BCUT2D eigenvalue weighted by molar-refractivity contribution is 6.34. The van der Waals surface area contributed by atoms with E-state index in [-0.39, 0.29) is 51.9 Å². The van der Waals surface area contributed by atoms with Gasteiger partial charge in [-0.1, -0.05) is 41.9 Å². The second-order valence-corrected chi connectivity index (χ2v) is 11.1. The number of methoxy groups -OCH3 is 1. The minimum atomic E-state index is -0.734. The van der Waals surface area contributed by atoms with Gasteiger partial charge >= 0.3 is 12.0 Å². The van der Waals surface area contributed by atoms with E-state index in [1.165, 1.54) is 37.6 Å². The molecule has 0 bridgehead atoms. The first-order valence-electron chi connectivity index (χ1n) is 13.6. The van der Waals surface area contributed by atoms with Crippen LogP contribution in [-0.4, -0.2) is 45.4 Å². The van der Waals surface area contributed by atoms with Gasteiger partial charge in [0, 0.05) is 23.6 Å². The lowest BCUT2D eigenvalue weighted by molar-refractivity contribution is -0.154. The molecule has 1 atom stereocenters. The third kappa shape index (κ3) is 8.39. The zero-order chi connectivity index (χ0) is 31.1. The molecule has 12 heteroatoms. The van der Waals surface area contributed by atoms with Crippen molar-refractivity contribution in [3.63, 3.8) is 0 Å². The minimum Gasteiger partial charge on any atom is -0.467 e. The number of aromatic nitrogens is 3. The molecule has 0 aliphatic rings. The van der Waals surface area contributed by atoms with Crippen molar-refractivity contribution >= 4 is 46.1 Å². The summed E-state index contributed by atoms with van der Waals surface area (Å²) in [5, 5.41) is 6.22. The number of rotatable bonds is 10. The van der Waals surface area contributed by atoms with Gasteiger partial charge in [0.15, 0.2) is 0 Å². The Kier molecular flexibility index (Phi) is 9.77. The van der Waals surface area contributed by atoms with Gasteiger partial charge in [-0.05, 0) is 63.4 Å². The van der Waals surface area contributed by atoms with E-state index in [1.54, 1.807) is 0 Å². The van der Waals surface area contributed by atoms with Crippen LogP contribution in [0, 0.1) is 0 Å². The average Bonchev–Trinajstić information content (AvgIpc) is 2.96. The van der Waals surface area contributed by atoms with Crippen LogP contribution in [0.3, 0.4) is 0 Å². The van der Waals surface area contributed by atoms with Crippen molar-refractivity contribution in [3.8, 4) is 6.01 Å². The van der Waals surface area contributed by atoms with E-state index in [0.29, 0.717) is 18.2 Å². The largest absolute Gasteiger partial charge is 0.467 e. The summed E-state index contributed by atoms with van der Waals surface area (Å²) in [6.45, 7) is 5.44. The van der Waals surface area contributed by atoms with Gasteiger partial charge in [-0.3, -0.25) is 19.2 Å². The molecule has 0 saturated heterocycles. The topological polar surface area (TPSA) is 152 Å². The molecule has 3 N–H and O–H groups in total. The molecule has 224 valence electrons. The first-order chi connectivity index (χ1) is 20.4. The van der Waals surface area contributed by atoms with Crippen molar-refractivity contribution in [2.24, 2.45) is 0 Å². The van der Waals surface area contributed by atoms with Crippen LogP contribution in [0.1, 0.15) is 72.4 Å². The summed E-state index contributed by atoms with van der Waals surface area (Å²) in [5.41, 5.74) is 0.0283. The van der Waals surface area contributed by atoms with Gasteiger partial charge in [0.2, 0.25) is 0 Å². The van der Waals surface area contributed by atoms with E-state index in [2.05, 4.69) is 25.6 Å². The summed E-state index contributed by atoms with van der Waals surface area (Å²) >= 11 is 6.34. The number of carbonyl (C=O) groups excluding carboxylic acids is 3. The van der Waals surface area contributed by atoms with Crippen LogP contribution in [0.4, 0.5) is 5.69 Å². The molecule has 2 aromatic carbocycles. The summed E-state index contributed by atoms with van der Waals surface area (Å²) < 4.78 is 10.4. The number of nitrogens with zero attached hydrogens (tertiary/aromatic N) is 2. The number of pyridine rings is 1. The zero-order valence-corrected chi connectivity index (χ0v) is 24.9. The standard InChI is InChI=1S/C31H32ClN5O6/c1-31(2,3)43-25(38)12-8-11-23(18-9-6-5-7-10-18)34-27(39)19-13-14-22(32)24(16-19)35-28(40)21-15-20-17-33-30(42-4)37-26(20)36-29(21)41/h5-7,9-10,13-17,23H,8,11-12H2,1-4H3,(H,34,39)(H,35,40)(H,33,36,37,41). The highest BCUT2D eigenvalue weighted by atomic mass is 35.5. The lowest BCUT2D eigenvalue weighted by atomic mass is 10.00. The number of fused-ring (bicyclic) bond motifs is 1. The summed E-state index contributed by atoms with van der Waals surface area (Å²) in [5.74, 6) is -1.45. The Bertz CT molecular complexity index is 1700. The minimum absolute atomic E-state index is 0.0692. The van der Waals surface area contributed by atoms with E-state index in [4.69, 9.17) is 21.1 Å². The number of halogens is 1. The van der Waals surface area contributed by atoms with Crippen molar-refractivity contribution in [2.45, 2.75) is 51.7 Å². The van der Waals surface area contributed by atoms with Crippen LogP contribution in [0.5, 0.6) is 6.01 Å². The van der Waals surface area contributed by atoms with Crippen LogP contribution >= 0.6 is 11.6 Å². The molecule has 2 amide bonds. The normalized spacial score (nSPS) is 11.9. The number of nitrogens with one attached hydrogen (secondary N) is 3. The highest BCUT2D eigenvalue weighted by Gasteiger charge is 2.21. The maximum Gasteiger partial charge on any atom is 0.318 e. The Morgan fingerprint density at radius 3 is 2.49 bits per heavy atom. The number of hydrogen-bond donors (Lipinski definition) is 3. The summed E-state index contributed by atoms with van der Waals surface area (Å²) in [4.78, 5) is 61.8. The number of hydrogen-bond acceptors (Lipinski definition) is 8. The van der Waals surface area contributed by atoms with Gasteiger partial charge in [-0.15, -0.1) is 0 Å². The molecule has 43 heavy (non-hydrogen) atoms. The van der Waals surface area contributed by atoms with Gasteiger partial charge in [-0.2, -0.15) is 4.98 Å². The molecule has 0 spiro atoms. The number of amides is 2. The van der Waals surface area contributed by atoms with Gasteiger partial charge in [0.1, 0.15) is 16.8 Å². The van der Waals surface area contributed by atoms with E-state index >= 15 is 0 Å². The highest BCUT2D eigenvalue weighted by Crippen LogP contribution is 2.26. The van der Waals surface area contributed by atoms with Crippen molar-refractivity contribution < 1.29 is 23.9 Å². The van der Waals surface area contributed by atoms with Crippen molar-refractivity contribution in [1.82, 2.24) is 20.3 Å². The van der Waals surface area contributed by atoms with E-state index < -0.39 is 23.0 Å². The first kappa shape index (κ1) is 31.2. The molecule has 0 saturated carbocycles. The Morgan fingerprint density at radius 1 is 1.05 bits per heavy atom. The van der Waals surface area contributed by atoms with E-state index in [0.717, 1.165) is 5.56 Å². The van der Waals surface area contributed by atoms with E-state index in [9.17, 15) is 19.2 Å². The Hall–Kier alpha value is -4.77. The fraction of sp³-hybridized carbons (Fsp3) is 0.290. The lowest BCUT2D eigenvalue weighted by Gasteiger charge is -2.21. The van der Waals surface area contributed by atoms with Crippen molar-refractivity contribution in [2.75, 3.05) is 12.4 Å². The number of esters is 1. The fourth-order valence-electron chi connectivity index (χ4n) is 4.29. The SMILES string of the molecule is COc1ncc2cc(C(=O)Nc3cc(C(=O)NC(CCCC(=O)OC(C)(C)C)c4ccccc4)ccc3Cl)c(=O)[nH]c2n1. The molecule has 1 unspecified atom stereocenters. The number of H-pyrrole nitrogens is 1. The molecular formula is C31H32ClN5O6. The molecule has 11 nitrogen and oxygen atoms in total. The number of anilines is 1. The monoisotopic (exact) mass is 605 g/mol. The molecular weight excluding hydrogens is 574 g/mol. The predicted molar refractivity (Wildman–Crippen MR) is 162 cm³/mol. The third-order valence-corrected chi connectivity index (χ3v) is 6.61. The molecule has 0 radical (unpaired) electrons. The molecule has 0 aliphatic heterocycles. The van der Waals surface area contributed by atoms with Crippen LogP contribution in [0.25, 0.3) is 11.0 Å². The Balaban J connectivity index is 1.49. The Morgan fingerprint density at radius 2 is 1.79 bits per heavy atom. The van der Waals surface area contributed by atoms with Crippen LogP contribution in [0.2, 0.25) is 5.02 Å². The lowest BCUT2D eigenvalue weighted by Crippen LogP contribution is -2.29. The third-order valence-electron chi connectivity index (χ3n) is 6.28.